The highest BCUT2D eigenvalue weighted by Gasteiger charge is 2.34. The van der Waals surface area contributed by atoms with Gasteiger partial charge in [0.05, 0.1) is 0 Å². The zero-order chi connectivity index (χ0) is 10.0. The van der Waals surface area contributed by atoms with E-state index in [-0.39, 0.29) is 0 Å². The molecular weight excluding hydrogens is 172 g/mol. The van der Waals surface area contributed by atoms with Crippen LogP contribution in [0, 0.1) is 0 Å². The van der Waals surface area contributed by atoms with E-state index in [1.807, 2.05) is 0 Å². The summed E-state index contributed by atoms with van der Waals surface area (Å²) >= 11 is 0. The maximum absolute atomic E-state index is 3.70. The number of nitrogens with one attached hydrogen (secondary N) is 1. The van der Waals surface area contributed by atoms with Crippen LogP contribution in [0.3, 0.4) is 0 Å². The number of hydrogen-bond donors (Lipinski definition) is 1. The van der Waals surface area contributed by atoms with Gasteiger partial charge in [-0.2, -0.15) is 0 Å². The first kappa shape index (κ1) is 9.78. The van der Waals surface area contributed by atoms with E-state index in [9.17, 15) is 0 Å². The quantitative estimate of drug-likeness (QED) is 0.775. The molecule has 0 spiro atoms. The predicted octanol–water partition coefficient (Wildman–Crippen LogP) is 2.45. The first-order valence-electron chi connectivity index (χ1n) is 5.61. The van der Waals surface area contributed by atoms with Crippen molar-refractivity contribution in [2.75, 3.05) is 0 Å². The average Bonchev–Trinajstić information content (AvgIpc) is 2.51. The molecule has 0 bridgehead atoms. The molecule has 1 saturated carbocycles. The van der Waals surface area contributed by atoms with E-state index in [0.29, 0.717) is 5.54 Å². The molecule has 2 rings (SSSR count). The second kappa shape index (κ2) is 3.77. The van der Waals surface area contributed by atoms with Crippen molar-refractivity contribution in [3.63, 3.8) is 0 Å². The normalized spacial score (nSPS) is 19.3. The molecule has 1 heterocycles. The van der Waals surface area contributed by atoms with E-state index in [1.54, 1.807) is 0 Å². The molecular formula is C12H20N2. The van der Waals surface area contributed by atoms with Gasteiger partial charge < -0.3 is 9.88 Å². The van der Waals surface area contributed by atoms with Crippen LogP contribution in [0.15, 0.2) is 18.3 Å². The van der Waals surface area contributed by atoms with Crippen molar-refractivity contribution < 1.29 is 0 Å². The van der Waals surface area contributed by atoms with Gasteiger partial charge in [-0.05, 0) is 37.8 Å². The average molecular weight is 192 g/mol. The lowest BCUT2D eigenvalue weighted by atomic mass is 9.75. The second-order valence-electron chi connectivity index (χ2n) is 4.45. The summed E-state index contributed by atoms with van der Waals surface area (Å²) in [4.78, 5) is 0. The SMILES string of the molecule is CCC1(NCc2cccn2C)CCC1. The summed E-state index contributed by atoms with van der Waals surface area (Å²) in [6, 6.07) is 4.30. The Morgan fingerprint density at radius 3 is 2.71 bits per heavy atom. The molecule has 0 amide bonds. The fourth-order valence-electron chi connectivity index (χ4n) is 2.22. The second-order valence-corrected chi connectivity index (χ2v) is 4.45. The van der Waals surface area contributed by atoms with Crippen molar-refractivity contribution in [1.82, 2.24) is 9.88 Å². The monoisotopic (exact) mass is 192 g/mol. The van der Waals surface area contributed by atoms with E-state index in [2.05, 4.69) is 42.2 Å². The topological polar surface area (TPSA) is 17.0 Å². The highest BCUT2D eigenvalue weighted by molar-refractivity contribution is 5.07. The Kier molecular flexibility index (Phi) is 2.64. The lowest BCUT2D eigenvalue weighted by molar-refractivity contribution is 0.174. The fraction of sp³-hybridized carbons (Fsp3) is 0.667. The van der Waals surface area contributed by atoms with E-state index in [1.165, 1.54) is 31.4 Å². The largest absolute Gasteiger partial charge is 0.353 e. The minimum Gasteiger partial charge on any atom is -0.353 e. The zero-order valence-electron chi connectivity index (χ0n) is 9.21. The Balaban J connectivity index is 1.90. The molecule has 1 aromatic heterocycles. The summed E-state index contributed by atoms with van der Waals surface area (Å²) < 4.78 is 2.19. The summed E-state index contributed by atoms with van der Waals surface area (Å²) in [5.41, 5.74) is 1.84. The van der Waals surface area contributed by atoms with Gasteiger partial charge in [0, 0.05) is 31.0 Å². The van der Waals surface area contributed by atoms with Gasteiger partial charge in [0.2, 0.25) is 0 Å². The molecule has 1 aromatic rings. The maximum atomic E-state index is 3.70. The molecule has 78 valence electrons. The Labute approximate surface area is 86.3 Å². The standard InChI is InChI=1S/C12H20N2/c1-3-12(7-5-8-12)13-10-11-6-4-9-14(11)2/h4,6,9,13H,3,5,7-8,10H2,1-2H3. The first-order valence-corrected chi connectivity index (χ1v) is 5.61. The van der Waals surface area contributed by atoms with E-state index >= 15 is 0 Å². The van der Waals surface area contributed by atoms with Crippen molar-refractivity contribution >= 4 is 0 Å². The number of nitrogens with zero attached hydrogens (tertiary/aromatic N) is 1. The number of aromatic nitrogens is 1. The summed E-state index contributed by atoms with van der Waals surface area (Å²) in [7, 11) is 2.11. The number of hydrogen-bond acceptors (Lipinski definition) is 1. The first-order chi connectivity index (χ1) is 6.76. The van der Waals surface area contributed by atoms with Gasteiger partial charge in [-0.1, -0.05) is 6.92 Å². The third kappa shape index (κ3) is 1.71. The summed E-state index contributed by atoms with van der Waals surface area (Å²) in [5, 5.41) is 3.70. The Morgan fingerprint density at radius 2 is 2.29 bits per heavy atom. The molecule has 0 saturated heterocycles. The van der Waals surface area contributed by atoms with E-state index in [4.69, 9.17) is 0 Å². The molecule has 0 aliphatic heterocycles. The molecule has 1 aliphatic carbocycles. The molecule has 0 atom stereocenters. The zero-order valence-corrected chi connectivity index (χ0v) is 9.21. The van der Waals surface area contributed by atoms with E-state index in [0.717, 1.165) is 6.54 Å². The molecule has 0 unspecified atom stereocenters. The van der Waals surface area contributed by atoms with Gasteiger partial charge in [0.1, 0.15) is 0 Å². The van der Waals surface area contributed by atoms with Crippen LogP contribution < -0.4 is 5.32 Å². The molecule has 0 aromatic carbocycles. The Hall–Kier alpha value is -0.760. The highest BCUT2D eigenvalue weighted by atomic mass is 15.0. The van der Waals surface area contributed by atoms with Crippen LogP contribution in [-0.4, -0.2) is 10.1 Å². The molecule has 2 nitrogen and oxygen atoms in total. The van der Waals surface area contributed by atoms with Gasteiger partial charge in [-0.3, -0.25) is 0 Å². The molecule has 1 aliphatic rings. The lowest BCUT2D eigenvalue weighted by Crippen LogP contribution is -2.50. The van der Waals surface area contributed by atoms with Gasteiger partial charge in [-0.25, -0.2) is 0 Å². The van der Waals surface area contributed by atoms with Gasteiger partial charge in [-0.15, -0.1) is 0 Å². The third-order valence-electron chi connectivity index (χ3n) is 3.68. The van der Waals surface area contributed by atoms with Crippen LogP contribution >= 0.6 is 0 Å². The Bertz CT molecular complexity index is 292. The smallest absolute Gasteiger partial charge is 0.0364 e. The van der Waals surface area contributed by atoms with Crippen molar-refractivity contribution in [2.24, 2.45) is 7.05 Å². The molecule has 0 radical (unpaired) electrons. The minimum absolute atomic E-state index is 0.463. The van der Waals surface area contributed by atoms with Gasteiger partial charge in [0.15, 0.2) is 0 Å². The fourth-order valence-corrected chi connectivity index (χ4v) is 2.22. The molecule has 1 N–H and O–H groups in total. The number of rotatable bonds is 4. The van der Waals surface area contributed by atoms with Crippen LogP contribution in [0.5, 0.6) is 0 Å². The lowest BCUT2D eigenvalue weighted by Gasteiger charge is -2.42. The maximum Gasteiger partial charge on any atom is 0.0364 e. The van der Waals surface area contributed by atoms with Crippen LogP contribution in [-0.2, 0) is 13.6 Å². The third-order valence-corrected chi connectivity index (χ3v) is 3.68. The van der Waals surface area contributed by atoms with Crippen molar-refractivity contribution in [3.8, 4) is 0 Å². The van der Waals surface area contributed by atoms with Crippen molar-refractivity contribution in [1.29, 1.82) is 0 Å². The van der Waals surface area contributed by atoms with Crippen LogP contribution in [0.25, 0.3) is 0 Å². The molecule has 1 fully saturated rings. The minimum atomic E-state index is 0.463. The van der Waals surface area contributed by atoms with E-state index < -0.39 is 0 Å². The molecule has 2 heteroatoms. The predicted molar refractivity (Wildman–Crippen MR) is 59.1 cm³/mol. The van der Waals surface area contributed by atoms with Crippen LogP contribution in [0.2, 0.25) is 0 Å². The van der Waals surface area contributed by atoms with Crippen LogP contribution in [0.4, 0.5) is 0 Å². The summed E-state index contributed by atoms with van der Waals surface area (Å²) in [6.07, 6.45) is 7.48. The molecule has 14 heavy (non-hydrogen) atoms. The Morgan fingerprint density at radius 1 is 1.50 bits per heavy atom. The summed E-state index contributed by atoms with van der Waals surface area (Å²) in [6.45, 7) is 3.30. The van der Waals surface area contributed by atoms with Gasteiger partial charge in [0.25, 0.3) is 0 Å². The number of aryl methyl sites for hydroxylation is 1. The van der Waals surface area contributed by atoms with Crippen molar-refractivity contribution in [3.05, 3.63) is 24.0 Å². The van der Waals surface area contributed by atoms with Gasteiger partial charge >= 0.3 is 0 Å². The van der Waals surface area contributed by atoms with Crippen LogP contribution in [0.1, 0.15) is 38.3 Å². The van der Waals surface area contributed by atoms with Crippen molar-refractivity contribution in [2.45, 2.75) is 44.7 Å². The highest BCUT2D eigenvalue weighted by Crippen LogP contribution is 2.34. The summed E-state index contributed by atoms with van der Waals surface area (Å²) in [5.74, 6) is 0.